The summed E-state index contributed by atoms with van der Waals surface area (Å²) in [7, 11) is 0. The van der Waals surface area contributed by atoms with Crippen LogP contribution in [0.3, 0.4) is 0 Å². The number of hydrogen-bond acceptors (Lipinski definition) is 5. The van der Waals surface area contributed by atoms with Crippen LogP contribution in [0.2, 0.25) is 0 Å². The largest absolute Gasteiger partial charge is 0.398 e. The zero-order chi connectivity index (χ0) is 19.0. The quantitative estimate of drug-likeness (QED) is 0.319. The molecule has 0 spiro atoms. The van der Waals surface area contributed by atoms with Gasteiger partial charge in [0, 0.05) is 11.4 Å². The number of benzene rings is 4. The Kier molecular flexibility index (Phi) is 3.97. The third-order valence-electron chi connectivity index (χ3n) is 4.52. The number of rotatable bonds is 2. The Balaban J connectivity index is 1.76. The van der Waals surface area contributed by atoms with Crippen LogP contribution in [-0.2, 0) is 4.74 Å². The fourth-order valence-corrected chi connectivity index (χ4v) is 3.22. The van der Waals surface area contributed by atoms with Crippen LogP contribution in [-0.4, -0.2) is 11.9 Å². The molecule has 4 aromatic rings. The van der Waals surface area contributed by atoms with Crippen LogP contribution < -0.4 is 11.5 Å². The lowest BCUT2D eigenvalue weighted by molar-refractivity contribution is 0.0402. The van der Waals surface area contributed by atoms with Crippen LogP contribution in [0.25, 0.3) is 21.5 Å². The Labute approximate surface area is 155 Å². The van der Waals surface area contributed by atoms with E-state index in [9.17, 15) is 9.59 Å². The van der Waals surface area contributed by atoms with Gasteiger partial charge >= 0.3 is 11.9 Å². The zero-order valence-corrected chi connectivity index (χ0v) is 14.3. The van der Waals surface area contributed by atoms with E-state index in [1.54, 1.807) is 36.4 Å². The molecule has 4 rings (SSSR count). The minimum Gasteiger partial charge on any atom is -0.398 e. The fraction of sp³-hybridized carbons (Fsp3) is 0. The molecule has 0 radical (unpaired) electrons. The zero-order valence-electron chi connectivity index (χ0n) is 14.3. The molecule has 0 unspecified atom stereocenters. The highest BCUT2D eigenvalue weighted by molar-refractivity contribution is 6.16. The average molecular weight is 356 g/mol. The lowest BCUT2D eigenvalue weighted by Gasteiger charge is -2.11. The second-order valence-electron chi connectivity index (χ2n) is 6.18. The van der Waals surface area contributed by atoms with Crippen LogP contribution >= 0.6 is 0 Å². The van der Waals surface area contributed by atoms with Crippen LogP contribution in [0.1, 0.15) is 20.7 Å². The third kappa shape index (κ3) is 2.85. The van der Waals surface area contributed by atoms with Gasteiger partial charge in [0.1, 0.15) is 0 Å². The molecule has 0 bridgehead atoms. The Morgan fingerprint density at radius 1 is 0.593 bits per heavy atom. The molecule has 0 aliphatic heterocycles. The van der Waals surface area contributed by atoms with E-state index >= 15 is 0 Å². The highest BCUT2D eigenvalue weighted by atomic mass is 16.6. The van der Waals surface area contributed by atoms with Gasteiger partial charge < -0.3 is 16.2 Å². The highest BCUT2D eigenvalue weighted by Crippen LogP contribution is 2.28. The smallest absolute Gasteiger partial charge is 0.348 e. The molecule has 4 aromatic carbocycles. The number of ether oxygens (including phenoxy) is 1. The van der Waals surface area contributed by atoms with Gasteiger partial charge in [-0.2, -0.15) is 0 Å². The number of nitrogens with two attached hydrogens (primary N) is 2. The first kappa shape index (κ1) is 16.6. The first-order valence-electron chi connectivity index (χ1n) is 8.37. The van der Waals surface area contributed by atoms with Gasteiger partial charge in [0.2, 0.25) is 0 Å². The monoisotopic (exact) mass is 356 g/mol. The van der Waals surface area contributed by atoms with Crippen molar-refractivity contribution in [2.45, 2.75) is 0 Å². The summed E-state index contributed by atoms with van der Waals surface area (Å²) < 4.78 is 5.16. The molecule has 4 N–H and O–H groups in total. The maximum atomic E-state index is 12.7. The predicted molar refractivity (Wildman–Crippen MR) is 106 cm³/mol. The molecule has 132 valence electrons. The van der Waals surface area contributed by atoms with E-state index in [2.05, 4.69) is 0 Å². The Morgan fingerprint density at radius 3 is 1.44 bits per heavy atom. The van der Waals surface area contributed by atoms with Gasteiger partial charge in [-0.05, 0) is 33.7 Å². The van der Waals surface area contributed by atoms with Crippen molar-refractivity contribution in [1.82, 2.24) is 0 Å². The van der Waals surface area contributed by atoms with Gasteiger partial charge in [0.15, 0.2) is 0 Å². The summed E-state index contributed by atoms with van der Waals surface area (Å²) in [5.41, 5.74) is 12.8. The number of nitrogen functional groups attached to an aromatic ring is 2. The molecule has 0 heterocycles. The number of anilines is 2. The van der Waals surface area contributed by atoms with E-state index in [1.807, 2.05) is 36.4 Å². The van der Waals surface area contributed by atoms with Crippen LogP contribution in [0, 0.1) is 0 Å². The maximum Gasteiger partial charge on any atom is 0.348 e. The van der Waals surface area contributed by atoms with E-state index in [4.69, 9.17) is 16.2 Å². The molecule has 0 fully saturated rings. The van der Waals surface area contributed by atoms with Crippen molar-refractivity contribution in [1.29, 1.82) is 0 Å². The summed E-state index contributed by atoms with van der Waals surface area (Å²) >= 11 is 0. The van der Waals surface area contributed by atoms with Gasteiger partial charge in [-0.1, -0.05) is 60.7 Å². The van der Waals surface area contributed by atoms with Gasteiger partial charge in [0.05, 0.1) is 11.1 Å². The number of fused-ring (bicyclic) bond motifs is 2. The number of carbonyl (C=O) groups is 2. The van der Waals surface area contributed by atoms with E-state index in [0.29, 0.717) is 10.8 Å². The first-order chi connectivity index (χ1) is 13.1. The van der Waals surface area contributed by atoms with Gasteiger partial charge in [-0.25, -0.2) is 9.59 Å². The van der Waals surface area contributed by atoms with Gasteiger partial charge in [0.25, 0.3) is 0 Å². The molecule has 5 nitrogen and oxygen atoms in total. The standard InChI is InChI=1S/C22H16N2O3/c23-17-11-9-13-5-1-3-7-15(13)19(17)21(25)27-22(26)20-16-8-4-2-6-14(16)10-12-18(20)24/h1-12H,23-24H2. The molecule has 0 aromatic heterocycles. The lowest BCUT2D eigenvalue weighted by atomic mass is 10.0. The van der Waals surface area contributed by atoms with Crippen molar-refractivity contribution in [3.05, 3.63) is 83.9 Å². The summed E-state index contributed by atoms with van der Waals surface area (Å²) in [6.07, 6.45) is 0. The topological polar surface area (TPSA) is 95.4 Å². The molecule has 0 aliphatic rings. The summed E-state index contributed by atoms with van der Waals surface area (Å²) in [6, 6.07) is 21.4. The van der Waals surface area contributed by atoms with Gasteiger partial charge in [-0.15, -0.1) is 0 Å². The first-order valence-corrected chi connectivity index (χ1v) is 8.37. The second kappa shape index (κ2) is 6.46. The second-order valence-corrected chi connectivity index (χ2v) is 6.18. The van der Waals surface area contributed by atoms with E-state index in [-0.39, 0.29) is 22.5 Å². The van der Waals surface area contributed by atoms with Crippen molar-refractivity contribution in [3.8, 4) is 0 Å². The van der Waals surface area contributed by atoms with Crippen LogP contribution in [0.15, 0.2) is 72.8 Å². The Morgan fingerprint density at radius 2 is 1.00 bits per heavy atom. The summed E-state index contributed by atoms with van der Waals surface area (Å²) in [6.45, 7) is 0. The van der Waals surface area contributed by atoms with E-state index in [1.165, 1.54) is 0 Å². The molecule has 0 saturated carbocycles. The van der Waals surface area contributed by atoms with Crippen molar-refractivity contribution >= 4 is 44.9 Å². The van der Waals surface area contributed by atoms with Crippen molar-refractivity contribution in [3.63, 3.8) is 0 Å². The van der Waals surface area contributed by atoms with Crippen molar-refractivity contribution in [2.75, 3.05) is 11.5 Å². The molecule has 27 heavy (non-hydrogen) atoms. The molecular formula is C22H16N2O3. The average Bonchev–Trinajstić information content (AvgIpc) is 2.67. The molecule has 0 saturated heterocycles. The van der Waals surface area contributed by atoms with E-state index < -0.39 is 11.9 Å². The summed E-state index contributed by atoms with van der Waals surface area (Å²) in [5.74, 6) is -1.61. The van der Waals surface area contributed by atoms with Gasteiger partial charge in [-0.3, -0.25) is 0 Å². The minimum absolute atomic E-state index is 0.167. The maximum absolute atomic E-state index is 12.7. The summed E-state index contributed by atoms with van der Waals surface area (Å²) in [4.78, 5) is 25.5. The molecule has 0 atom stereocenters. The number of hydrogen-bond donors (Lipinski definition) is 2. The third-order valence-corrected chi connectivity index (χ3v) is 4.52. The predicted octanol–water partition coefficient (Wildman–Crippen LogP) is 4.15. The summed E-state index contributed by atoms with van der Waals surface area (Å²) in [5, 5.41) is 2.91. The minimum atomic E-state index is -0.804. The Bertz CT molecular complexity index is 1120. The molecule has 5 heteroatoms. The van der Waals surface area contributed by atoms with Crippen LogP contribution in [0.5, 0.6) is 0 Å². The molecule has 0 aliphatic carbocycles. The number of esters is 2. The fourth-order valence-electron chi connectivity index (χ4n) is 3.22. The van der Waals surface area contributed by atoms with E-state index in [0.717, 1.165) is 10.8 Å². The SMILES string of the molecule is Nc1ccc2ccccc2c1C(=O)OC(=O)c1c(N)ccc2ccccc12. The molecular weight excluding hydrogens is 340 g/mol. The van der Waals surface area contributed by atoms with Crippen molar-refractivity contribution < 1.29 is 14.3 Å². The normalized spacial score (nSPS) is 10.8. The van der Waals surface area contributed by atoms with Crippen LogP contribution in [0.4, 0.5) is 11.4 Å². The Hall–Kier alpha value is -3.86. The molecule has 0 amide bonds. The number of carbonyl (C=O) groups excluding carboxylic acids is 2. The van der Waals surface area contributed by atoms with Crippen molar-refractivity contribution in [2.24, 2.45) is 0 Å². The lowest BCUT2D eigenvalue weighted by Crippen LogP contribution is -2.16. The highest BCUT2D eigenvalue weighted by Gasteiger charge is 2.22.